The molecule has 1 aliphatic heterocycles. The van der Waals surface area contributed by atoms with Crippen molar-refractivity contribution in [2.75, 3.05) is 13.6 Å². The summed E-state index contributed by atoms with van der Waals surface area (Å²) in [5.41, 5.74) is 0. The molecule has 64 valence electrons. The molecule has 2 atom stereocenters. The topological polar surface area (TPSA) is 3.24 Å². The maximum atomic E-state index is 2.58. The standard InChI is InChI=1S/C10H19N/c1-11-8-7-9-5-3-2-4-6-10(9)11/h9-10H,2-8H2,1H3. The molecule has 2 aliphatic rings. The van der Waals surface area contributed by atoms with E-state index in [1.54, 1.807) is 0 Å². The Kier molecular flexibility index (Phi) is 2.17. The van der Waals surface area contributed by atoms with E-state index in [0.717, 1.165) is 12.0 Å². The molecule has 0 N–H and O–H groups in total. The molecule has 2 rings (SSSR count). The first-order chi connectivity index (χ1) is 5.38. The smallest absolute Gasteiger partial charge is 0.0121 e. The fourth-order valence-corrected chi connectivity index (χ4v) is 2.82. The summed E-state index contributed by atoms with van der Waals surface area (Å²) in [7, 11) is 2.30. The van der Waals surface area contributed by atoms with Crippen molar-refractivity contribution in [3.63, 3.8) is 0 Å². The highest BCUT2D eigenvalue weighted by Crippen LogP contribution is 2.33. The van der Waals surface area contributed by atoms with Crippen LogP contribution in [-0.2, 0) is 0 Å². The van der Waals surface area contributed by atoms with E-state index in [2.05, 4.69) is 11.9 Å². The molecule has 2 fully saturated rings. The molecule has 2 unspecified atom stereocenters. The Bertz CT molecular complexity index is 133. The Morgan fingerprint density at radius 3 is 2.73 bits per heavy atom. The van der Waals surface area contributed by atoms with Crippen LogP contribution in [0.1, 0.15) is 38.5 Å². The SMILES string of the molecule is CN1CCC2CCCCCC21. The quantitative estimate of drug-likeness (QED) is 0.516. The van der Waals surface area contributed by atoms with Crippen LogP contribution in [0.15, 0.2) is 0 Å². The van der Waals surface area contributed by atoms with E-state index in [-0.39, 0.29) is 0 Å². The minimum absolute atomic E-state index is 0.956. The summed E-state index contributed by atoms with van der Waals surface area (Å²) >= 11 is 0. The van der Waals surface area contributed by atoms with Gasteiger partial charge in [0, 0.05) is 6.04 Å². The Morgan fingerprint density at radius 1 is 1.00 bits per heavy atom. The van der Waals surface area contributed by atoms with Crippen LogP contribution in [0.2, 0.25) is 0 Å². The summed E-state index contributed by atoms with van der Waals surface area (Å²) in [6, 6.07) is 0.956. The number of likely N-dealkylation sites (tertiary alicyclic amines) is 1. The average molecular weight is 153 g/mol. The Balaban J connectivity index is 2.00. The summed E-state index contributed by atoms with van der Waals surface area (Å²) in [6.45, 7) is 1.36. The van der Waals surface area contributed by atoms with Crippen LogP contribution in [0.4, 0.5) is 0 Å². The summed E-state index contributed by atoms with van der Waals surface area (Å²) in [6.07, 6.45) is 8.92. The van der Waals surface area contributed by atoms with Gasteiger partial charge in [0.25, 0.3) is 0 Å². The van der Waals surface area contributed by atoms with Gasteiger partial charge < -0.3 is 4.90 Å². The van der Waals surface area contributed by atoms with E-state index in [0.29, 0.717) is 0 Å². The van der Waals surface area contributed by atoms with Crippen LogP contribution < -0.4 is 0 Å². The minimum Gasteiger partial charge on any atom is -0.303 e. The maximum absolute atomic E-state index is 2.58. The van der Waals surface area contributed by atoms with Crippen molar-refractivity contribution in [3.8, 4) is 0 Å². The molecule has 0 amide bonds. The van der Waals surface area contributed by atoms with Crippen LogP contribution in [0.3, 0.4) is 0 Å². The van der Waals surface area contributed by atoms with E-state index in [1.165, 1.54) is 45.1 Å². The first kappa shape index (κ1) is 7.60. The van der Waals surface area contributed by atoms with Crippen molar-refractivity contribution >= 4 is 0 Å². The number of rotatable bonds is 0. The van der Waals surface area contributed by atoms with Gasteiger partial charge in [0.2, 0.25) is 0 Å². The second-order valence-corrected chi connectivity index (χ2v) is 4.23. The lowest BCUT2D eigenvalue weighted by Gasteiger charge is -2.22. The highest BCUT2D eigenvalue weighted by Gasteiger charge is 2.31. The number of hydrogen-bond acceptors (Lipinski definition) is 1. The van der Waals surface area contributed by atoms with Gasteiger partial charge in [-0.2, -0.15) is 0 Å². The number of nitrogens with zero attached hydrogens (tertiary/aromatic N) is 1. The van der Waals surface area contributed by atoms with Gasteiger partial charge in [-0.1, -0.05) is 19.3 Å². The molecule has 1 aliphatic carbocycles. The third-order valence-corrected chi connectivity index (χ3v) is 3.54. The van der Waals surface area contributed by atoms with Crippen LogP contribution in [-0.4, -0.2) is 24.5 Å². The van der Waals surface area contributed by atoms with Gasteiger partial charge in [-0.05, 0) is 38.8 Å². The first-order valence-electron chi connectivity index (χ1n) is 5.08. The summed E-state index contributed by atoms with van der Waals surface area (Å²) in [5.74, 6) is 1.06. The van der Waals surface area contributed by atoms with Gasteiger partial charge >= 0.3 is 0 Å². The molecule has 1 saturated heterocycles. The zero-order valence-corrected chi connectivity index (χ0v) is 7.55. The van der Waals surface area contributed by atoms with E-state index in [1.807, 2.05) is 0 Å². The monoisotopic (exact) mass is 153 g/mol. The lowest BCUT2D eigenvalue weighted by molar-refractivity contribution is 0.259. The predicted octanol–water partition coefficient (Wildman–Crippen LogP) is 2.27. The largest absolute Gasteiger partial charge is 0.303 e. The zero-order chi connectivity index (χ0) is 7.68. The fraction of sp³-hybridized carbons (Fsp3) is 1.00. The third kappa shape index (κ3) is 1.44. The Hall–Kier alpha value is -0.0400. The maximum Gasteiger partial charge on any atom is 0.0121 e. The van der Waals surface area contributed by atoms with Crippen LogP contribution in [0, 0.1) is 5.92 Å². The molecular formula is C10H19N. The van der Waals surface area contributed by atoms with E-state index in [9.17, 15) is 0 Å². The summed E-state index contributed by atoms with van der Waals surface area (Å²) < 4.78 is 0. The molecule has 1 nitrogen and oxygen atoms in total. The molecule has 1 heteroatoms. The van der Waals surface area contributed by atoms with Gasteiger partial charge in [-0.3, -0.25) is 0 Å². The van der Waals surface area contributed by atoms with E-state index in [4.69, 9.17) is 0 Å². The van der Waals surface area contributed by atoms with Crippen molar-refractivity contribution in [2.24, 2.45) is 5.92 Å². The molecule has 0 aromatic carbocycles. The van der Waals surface area contributed by atoms with Crippen molar-refractivity contribution < 1.29 is 0 Å². The summed E-state index contributed by atoms with van der Waals surface area (Å²) in [4.78, 5) is 2.58. The Labute approximate surface area is 69.8 Å². The fourth-order valence-electron chi connectivity index (χ4n) is 2.82. The minimum atomic E-state index is 0.956. The molecule has 0 bridgehead atoms. The summed E-state index contributed by atoms with van der Waals surface area (Å²) in [5, 5.41) is 0. The molecule has 0 aromatic rings. The molecule has 11 heavy (non-hydrogen) atoms. The zero-order valence-electron chi connectivity index (χ0n) is 7.55. The van der Waals surface area contributed by atoms with Crippen molar-refractivity contribution in [2.45, 2.75) is 44.6 Å². The van der Waals surface area contributed by atoms with E-state index < -0.39 is 0 Å². The lowest BCUT2D eigenvalue weighted by atomic mass is 9.96. The van der Waals surface area contributed by atoms with Crippen LogP contribution >= 0.6 is 0 Å². The van der Waals surface area contributed by atoms with Crippen molar-refractivity contribution in [3.05, 3.63) is 0 Å². The van der Waals surface area contributed by atoms with Crippen molar-refractivity contribution in [1.29, 1.82) is 0 Å². The van der Waals surface area contributed by atoms with Gasteiger partial charge in [-0.25, -0.2) is 0 Å². The number of fused-ring (bicyclic) bond motifs is 1. The van der Waals surface area contributed by atoms with Gasteiger partial charge in [0.05, 0.1) is 0 Å². The molecule has 0 spiro atoms. The third-order valence-electron chi connectivity index (χ3n) is 3.54. The highest BCUT2D eigenvalue weighted by molar-refractivity contribution is 4.86. The molecule has 0 radical (unpaired) electrons. The second-order valence-electron chi connectivity index (χ2n) is 4.23. The van der Waals surface area contributed by atoms with Crippen LogP contribution in [0.5, 0.6) is 0 Å². The second kappa shape index (κ2) is 3.14. The molecule has 0 aromatic heterocycles. The van der Waals surface area contributed by atoms with Gasteiger partial charge in [0.1, 0.15) is 0 Å². The first-order valence-corrected chi connectivity index (χ1v) is 5.08. The lowest BCUT2D eigenvalue weighted by Crippen LogP contribution is -2.28. The molecule has 1 saturated carbocycles. The average Bonchev–Trinajstić information content (AvgIpc) is 2.25. The van der Waals surface area contributed by atoms with Gasteiger partial charge in [-0.15, -0.1) is 0 Å². The molecule has 1 heterocycles. The predicted molar refractivity (Wildman–Crippen MR) is 47.6 cm³/mol. The van der Waals surface area contributed by atoms with Crippen LogP contribution in [0.25, 0.3) is 0 Å². The molecular weight excluding hydrogens is 134 g/mol. The number of hydrogen-bond donors (Lipinski definition) is 0. The highest BCUT2D eigenvalue weighted by atomic mass is 15.2. The van der Waals surface area contributed by atoms with Gasteiger partial charge in [0.15, 0.2) is 0 Å². The normalized spacial score (nSPS) is 40.1. The van der Waals surface area contributed by atoms with E-state index >= 15 is 0 Å². The Morgan fingerprint density at radius 2 is 1.82 bits per heavy atom. The van der Waals surface area contributed by atoms with Crippen molar-refractivity contribution in [1.82, 2.24) is 4.90 Å².